The van der Waals surface area contributed by atoms with Crippen LogP contribution in [0.3, 0.4) is 0 Å². The number of benzene rings is 1. The average Bonchev–Trinajstić information content (AvgIpc) is 3.36. The molecule has 1 aromatic heterocycles. The highest BCUT2D eigenvalue weighted by molar-refractivity contribution is 5.82. The van der Waals surface area contributed by atoms with Gasteiger partial charge in [-0.25, -0.2) is 0 Å². The molecular formula is C31H36N2O2. The van der Waals surface area contributed by atoms with Crippen LogP contribution in [0.5, 0.6) is 0 Å². The van der Waals surface area contributed by atoms with Crippen molar-refractivity contribution in [3.63, 3.8) is 0 Å². The Bertz CT molecular complexity index is 1280. The van der Waals surface area contributed by atoms with E-state index in [4.69, 9.17) is 4.74 Å². The first-order valence-electron chi connectivity index (χ1n) is 13.9. The number of hydrogen-bond donors (Lipinski definition) is 1. The summed E-state index contributed by atoms with van der Waals surface area (Å²) in [6.45, 7) is 4.25. The van der Waals surface area contributed by atoms with Gasteiger partial charge in [0.1, 0.15) is 0 Å². The van der Waals surface area contributed by atoms with Gasteiger partial charge in [0, 0.05) is 36.9 Å². The number of ether oxygens (including phenoxy) is 1. The lowest BCUT2D eigenvalue weighted by Gasteiger charge is -2.55. The van der Waals surface area contributed by atoms with E-state index in [1.165, 1.54) is 54.0 Å². The molecule has 1 aromatic carbocycles. The Labute approximate surface area is 208 Å². The number of aromatic nitrogens is 1. The van der Waals surface area contributed by atoms with Crippen LogP contribution in [0.1, 0.15) is 69.8 Å². The predicted molar refractivity (Wildman–Crippen MR) is 137 cm³/mol. The molecule has 0 radical (unpaired) electrons. The first-order chi connectivity index (χ1) is 17.0. The van der Waals surface area contributed by atoms with E-state index in [1.54, 1.807) is 5.57 Å². The molecule has 4 fully saturated rings. The molecule has 3 aliphatic carbocycles. The van der Waals surface area contributed by atoms with Crippen molar-refractivity contribution < 1.29 is 9.84 Å². The van der Waals surface area contributed by atoms with Gasteiger partial charge in [-0.1, -0.05) is 31.2 Å². The van der Waals surface area contributed by atoms with E-state index in [0.717, 1.165) is 32.4 Å². The smallest absolute Gasteiger partial charge is 0.0974 e. The van der Waals surface area contributed by atoms with Crippen molar-refractivity contribution in [3.05, 3.63) is 65.5 Å². The minimum absolute atomic E-state index is 0.0637. The van der Waals surface area contributed by atoms with Gasteiger partial charge >= 0.3 is 0 Å². The maximum atomic E-state index is 9.88. The Balaban J connectivity index is 1.14. The van der Waals surface area contributed by atoms with Gasteiger partial charge in [-0.2, -0.15) is 0 Å². The van der Waals surface area contributed by atoms with Crippen molar-refractivity contribution in [2.24, 2.45) is 11.3 Å². The van der Waals surface area contributed by atoms with E-state index in [9.17, 15) is 5.11 Å². The number of nitrogens with zero attached hydrogens (tertiary/aromatic N) is 2. The summed E-state index contributed by atoms with van der Waals surface area (Å²) in [6, 6.07) is 9.75. The molecule has 1 unspecified atom stereocenters. The maximum absolute atomic E-state index is 9.88. The summed E-state index contributed by atoms with van der Waals surface area (Å²) in [5.41, 5.74) is 4.62. The Hall–Kier alpha value is -2.01. The molecule has 2 saturated carbocycles. The van der Waals surface area contributed by atoms with Gasteiger partial charge in [0.05, 0.1) is 17.3 Å². The number of fused-ring (bicyclic) bond motifs is 2. The zero-order chi connectivity index (χ0) is 23.4. The summed E-state index contributed by atoms with van der Waals surface area (Å²) in [7, 11) is 0. The van der Waals surface area contributed by atoms with Crippen LogP contribution in [-0.2, 0) is 4.74 Å². The van der Waals surface area contributed by atoms with Gasteiger partial charge in [-0.3, -0.25) is 9.88 Å². The molecule has 4 heterocycles. The summed E-state index contributed by atoms with van der Waals surface area (Å²) in [6.07, 6.45) is 18.4. The van der Waals surface area contributed by atoms with Crippen LogP contribution in [0.15, 0.2) is 60.0 Å². The van der Waals surface area contributed by atoms with E-state index in [2.05, 4.69) is 53.2 Å². The molecule has 0 amide bonds. The predicted octanol–water partition coefficient (Wildman–Crippen LogP) is 5.52. The molecule has 1 N–H and O–H groups in total. The number of hydrogen-bond acceptors (Lipinski definition) is 4. The van der Waals surface area contributed by atoms with Crippen molar-refractivity contribution in [1.29, 1.82) is 0 Å². The second kappa shape index (κ2) is 7.06. The number of aliphatic hydroxyl groups excluding tert-OH is 1. The Morgan fingerprint density at radius 2 is 2.00 bits per heavy atom. The summed E-state index contributed by atoms with van der Waals surface area (Å²) in [5.74, 6) is 1.14. The van der Waals surface area contributed by atoms with E-state index < -0.39 is 0 Å². The highest BCUT2D eigenvalue weighted by Gasteiger charge is 2.66. The van der Waals surface area contributed by atoms with Crippen LogP contribution < -0.4 is 0 Å². The highest BCUT2D eigenvalue weighted by atomic mass is 16.5. The molecule has 3 aliphatic heterocycles. The van der Waals surface area contributed by atoms with Gasteiger partial charge in [0.25, 0.3) is 0 Å². The summed E-state index contributed by atoms with van der Waals surface area (Å²) < 4.78 is 7.45. The van der Waals surface area contributed by atoms with Crippen LogP contribution in [0.4, 0.5) is 0 Å². The van der Waals surface area contributed by atoms with Crippen molar-refractivity contribution in [1.82, 2.24) is 9.88 Å². The first kappa shape index (κ1) is 21.1. The lowest BCUT2D eigenvalue weighted by atomic mass is 9.58. The van der Waals surface area contributed by atoms with Gasteiger partial charge in [-0.15, -0.1) is 0 Å². The Kier molecular flexibility index (Phi) is 4.26. The second-order valence-corrected chi connectivity index (χ2v) is 12.7. The van der Waals surface area contributed by atoms with E-state index in [0.29, 0.717) is 17.9 Å². The number of allylic oxidation sites excluding steroid dienone is 1. The molecule has 35 heavy (non-hydrogen) atoms. The largest absolute Gasteiger partial charge is 0.390 e. The first-order valence-corrected chi connectivity index (χ1v) is 13.9. The number of likely N-dealkylation sites (tertiary alicyclic amines) is 1. The number of aliphatic hydroxyl groups is 1. The number of rotatable bonds is 2. The zero-order valence-electron chi connectivity index (χ0n) is 20.7. The third-order valence-electron chi connectivity index (χ3n) is 11.1. The second-order valence-electron chi connectivity index (χ2n) is 12.7. The van der Waals surface area contributed by atoms with Gasteiger partial charge in [-0.05, 0) is 103 Å². The topological polar surface area (TPSA) is 45.6 Å². The molecular weight excluding hydrogens is 432 g/mol. The quantitative estimate of drug-likeness (QED) is 0.630. The van der Waals surface area contributed by atoms with Crippen LogP contribution in [0, 0.1) is 11.3 Å². The van der Waals surface area contributed by atoms with Crippen LogP contribution in [0.2, 0.25) is 0 Å². The minimum atomic E-state index is -0.124. The fourth-order valence-corrected chi connectivity index (χ4v) is 9.35. The standard InChI is InChI=1S/C31H36N2O2/c1-29-10-8-24-15-23-4-5-25(33-18-26(34)19-33)16-30(23)11-12-31(24,35-30)28(29)7-6-27(29)21-3-2-20-9-13-32-17-22(20)14-21/h2-3,8-9,13-15,17,25-28,34H,4-7,10-12,16,18-19H2,1H3/t25?,27-,28-,29-,30-,31-/m1/s1. The minimum Gasteiger partial charge on any atom is -0.390 e. The molecule has 8 rings (SSSR count). The molecule has 2 aromatic rings. The zero-order valence-corrected chi connectivity index (χ0v) is 20.7. The summed E-state index contributed by atoms with van der Waals surface area (Å²) in [5, 5.41) is 12.4. The van der Waals surface area contributed by atoms with Crippen molar-refractivity contribution in [2.75, 3.05) is 13.1 Å². The molecule has 2 saturated heterocycles. The molecule has 4 heteroatoms. The molecule has 4 nitrogen and oxygen atoms in total. The normalized spacial score (nSPS) is 42.6. The third kappa shape index (κ3) is 2.77. The fourth-order valence-electron chi connectivity index (χ4n) is 9.35. The summed E-state index contributed by atoms with van der Waals surface area (Å²) in [4.78, 5) is 6.88. The Morgan fingerprint density at radius 3 is 2.89 bits per heavy atom. The van der Waals surface area contributed by atoms with Crippen molar-refractivity contribution in [3.8, 4) is 0 Å². The summed E-state index contributed by atoms with van der Waals surface area (Å²) >= 11 is 0. The van der Waals surface area contributed by atoms with Gasteiger partial charge < -0.3 is 9.84 Å². The average molecular weight is 469 g/mol. The monoisotopic (exact) mass is 468 g/mol. The van der Waals surface area contributed by atoms with E-state index in [-0.39, 0.29) is 22.7 Å². The molecule has 6 aliphatic rings. The maximum Gasteiger partial charge on any atom is 0.0974 e. The van der Waals surface area contributed by atoms with Crippen LogP contribution in [0.25, 0.3) is 10.8 Å². The highest BCUT2D eigenvalue weighted by Crippen LogP contribution is 2.69. The van der Waals surface area contributed by atoms with Gasteiger partial charge in [0.15, 0.2) is 0 Å². The molecule has 6 atom stereocenters. The van der Waals surface area contributed by atoms with E-state index >= 15 is 0 Å². The fraction of sp³-hybridized carbons (Fsp3) is 0.581. The lowest BCUT2D eigenvalue weighted by Crippen LogP contribution is -2.60. The molecule has 2 spiro atoms. The third-order valence-corrected chi connectivity index (χ3v) is 11.1. The van der Waals surface area contributed by atoms with E-state index in [1.807, 2.05) is 12.4 Å². The van der Waals surface area contributed by atoms with Crippen LogP contribution >= 0.6 is 0 Å². The molecule has 2 bridgehead atoms. The number of pyridine rings is 1. The van der Waals surface area contributed by atoms with Crippen molar-refractivity contribution >= 4 is 10.8 Å². The lowest BCUT2D eigenvalue weighted by molar-refractivity contribution is -0.147. The van der Waals surface area contributed by atoms with Crippen molar-refractivity contribution in [2.45, 2.75) is 87.6 Å². The van der Waals surface area contributed by atoms with Crippen LogP contribution in [-0.4, -0.2) is 51.4 Å². The number of β-amino-alcohol motifs (C(OH)–C–C–N with tert-alkyl or cyclic N) is 1. The Morgan fingerprint density at radius 1 is 1.09 bits per heavy atom. The molecule has 182 valence electrons. The SMILES string of the molecule is C[C@]12CC=C3C=C4CCC(N5CC(O)C5)C[C@]45CC[C@]3(O5)[C@@H]1CC[C@@H]2c1ccc2ccncc2c1. The van der Waals surface area contributed by atoms with Gasteiger partial charge in [0.2, 0.25) is 0 Å².